The maximum atomic E-state index is 12.6. The Morgan fingerprint density at radius 2 is 2.14 bits per heavy atom. The number of piperidine rings is 1. The van der Waals surface area contributed by atoms with E-state index in [1.165, 1.54) is 0 Å². The highest BCUT2D eigenvalue weighted by molar-refractivity contribution is 5.95. The number of aromatic nitrogens is 1. The molecule has 21 heavy (non-hydrogen) atoms. The molecule has 1 N–H and O–H groups in total. The molecule has 1 aromatic heterocycles. The molecule has 0 aliphatic carbocycles. The second-order valence-corrected chi connectivity index (χ2v) is 5.66. The van der Waals surface area contributed by atoms with Gasteiger partial charge in [0.05, 0.1) is 11.6 Å². The van der Waals surface area contributed by atoms with E-state index in [0.29, 0.717) is 25.2 Å². The lowest BCUT2D eigenvalue weighted by Crippen LogP contribution is -2.46. The van der Waals surface area contributed by atoms with Gasteiger partial charge in [-0.2, -0.15) is 0 Å². The second-order valence-electron chi connectivity index (χ2n) is 5.66. The highest BCUT2D eigenvalue weighted by Gasteiger charge is 2.29. The summed E-state index contributed by atoms with van der Waals surface area (Å²) in [6.45, 7) is 3.27. The number of para-hydroxylation sites is 1. The Balaban J connectivity index is 1.83. The quantitative estimate of drug-likeness (QED) is 0.921. The van der Waals surface area contributed by atoms with Crippen molar-refractivity contribution < 1.29 is 9.90 Å². The fraction of sp³-hybridized carbons (Fsp3) is 0.412. The molecule has 2 aromatic rings. The Bertz CT molecular complexity index is 656. The van der Waals surface area contributed by atoms with Gasteiger partial charge in [-0.05, 0) is 25.0 Å². The van der Waals surface area contributed by atoms with Crippen molar-refractivity contribution in [1.82, 2.24) is 9.88 Å². The van der Waals surface area contributed by atoms with Gasteiger partial charge < -0.3 is 10.0 Å². The van der Waals surface area contributed by atoms with Gasteiger partial charge in [0.15, 0.2) is 0 Å². The molecular weight excluding hydrogens is 264 g/mol. The molecule has 1 aromatic carbocycles. The van der Waals surface area contributed by atoms with Crippen molar-refractivity contribution in [2.45, 2.75) is 25.9 Å². The highest BCUT2D eigenvalue weighted by Crippen LogP contribution is 2.22. The monoisotopic (exact) mass is 284 g/mol. The van der Waals surface area contributed by atoms with E-state index in [2.05, 4.69) is 11.9 Å². The Hall–Kier alpha value is -1.94. The summed E-state index contributed by atoms with van der Waals surface area (Å²) in [5, 5.41) is 11.0. The molecule has 1 fully saturated rings. The number of benzene rings is 1. The molecule has 1 aliphatic rings. The van der Waals surface area contributed by atoms with Crippen molar-refractivity contribution in [2.24, 2.45) is 5.92 Å². The smallest absolute Gasteiger partial charge is 0.272 e. The Labute approximate surface area is 124 Å². The Morgan fingerprint density at radius 3 is 2.95 bits per heavy atom. The van der Waals surface area contributed by atoms with Gasteiger partial charge in [-0.15, -0.1) is 0 Å². The maximum absolute atomic E-state index is 12.6. The van der Waals surface area contributed by atoms with Gasteiger partial charge in [-0.25, -0.2) is 4.98 Å². The molecule has 1 aliphatic heterocycles. The van der Waals surface area contributed by atoms with Gasteiger partial charge in [-0.3, -0.25) is 4.79 Å². The van der Waals surface area contributed by atoms with Crippen molar-refractivity contribution in [3.05, 3.63) is 42.1 Å². The number of fused-ring (bicyclic) bond motifs is 1. The molecule has 3 rings (SSSR count). The SMILES string of the molecule is CCC1CN(C(=O)c2ccc3ccccc3n2)CCC1O. The number of pyridine rings is 1. The number of aliphatic hydroxyl groups is 1. The minimum atomic E-state index is -0.288. The summed E-state index contributed by atoms with van der Waals surface area (Å²) in [7, 11) is 0. The molecule has 0 radical (unpaired) electrons. The second kappa shape index (κ2) is 5.82. The number of carbonyl (C=O) groups is 1. The number of carbonyl (C=O) groups excluding carboxylic acids is 1. The van der Waals surface area contributed by atoms with E-state index >= 15 is 0 Å². The molecule has 4 heteroatoms. The number of aliphatic hydroxyl groups excluding tert-OH is 1. The summed E-state index contributed by atoms with van der Waals surface area (Å²) < 4.78 is 0. The molecule has 2 atom stereocenters. The standard InChI is InChI=1S/C17H20N2O2/c1-2-12-11-19(10-9-16(12)20)17(21)15-8-7-13-5-3-4-6-14(13)18-15/h3-8,12,16,20H,2,9-11H2,1H3. The zero-order valence-corrected chi connectivity index (χ0v) is 12.2. The minimum absolute atomic E-state index is 0.0360. The molecule has 0 bridgehead atoms. The van der Waals surface area contributed by atoms with E-state index in [1.807, 2.05) is 35.2 Å². The van der Waals surface area contributed by atoms with Crippen LogP contribution >= 0.6 is 0 Å². The molecule has 1 amide bonds. The summed E-state index contributed by atoms with van der Waals surface area (Å²) in [5.74, 6) is 0.134. The van der Waals surface area contributed by atoms with Crippen LogP contribution in [0, 0.1) is 5.92 Å². The van der Waals surface area contributed by atoms with Crippen molar-refractivity contribution >= 4 is 16.8 Å². The van der Waals surface area contributed by atoms with Gasteiger partial charge >= 0.3 is 0 Å². The van der Waals surface area contributed by atoms with Gasteiger partial charge in [-0.1, -0.05) is 31.2 Å². The van der Waals surface area contributed by atoms with Crippen LogP contribution < -0.4 is 0 Å². The number of rotatable bonds is 2. The van der Waals surface area contributed by atoms with E-state index in [9.17, 15) is 9.90 Å². The number of hydrogen-bond donors (Lipinski definition) is 1. The molecule has 110 valence electrons. The highest BCUT2D eigenvalue weighted by atomic mass is 16.3. The first-order valence-corrected chi connectivity index (χ1v) is 7.52. The van der Waals surface area contributed by atoms with Crippen LogP contribution in [0.5, 0.6) is 0 Å². The van der Waals surface area contributed by atoms with Crippen LogP contribution in [0.2, 0.25) is 0 Å². The lowest BCUT2D eigenvalue weighted by molar-refractivity contribution is 0.0226. The van der Waals surface area contributed by atoms with E-state index in [-0.39, 0.29) is 17.9 Å². The van der Waals surface area contributed by atoms with Crippen molar-refractivity contribution in [2.75, 3.05) is 13.1 Å². The first kappa shape index (κ1) is 14.0. The summed E-state index contributed by atoms with van der Waals surface area (Å²) in [6.07, 6.45) is 1.25. The Morgan fingerprint density at radius 1 is 1.33 bits per heavy atom. The topological polar surface area (TPSA) is 53.4 Å². The predicted octanol–water partition coefficient (Wildman–Crippen LogP) is 2.47. The van der Waals surface area contributed by atoms with Crippen molar-refractivity contribution in [3.63, 3.8) is 0 Å². The van der Waals surface area contributed by atoms with Crippen LogP contribution in [-0.4, -0.2) is 40.1 Å². The van der Waals surface area contributed by atoms with Gasteiger partial charge in [0.2, 0.25) is 0 Å². The van der Waals surface area contributed by atoms with Gasteiger partial charge in [0.1, 0.15) is 5.69 Å². The van der Waals surface area contributed by atoms with Crippen LogP contribution in [-0.2, 0) is 0 Å². The van der Waals surface area contributed by atoms with Crippen LogP contribution in [0.3, 0.4) is 0 Å². The number of hydrogen-bond acceptors (Lipinski definition) is 3. The average molecular weight is 284 g/mol. The molecule has 2 heterocycles. The van der Waals surface area contributed by atoms with Crippen LogP contribution in [0.4, 0.5) is 0 Å². The summed E-state index contributed by atoms with van der Waals surface area (Å²) in [5.41, 5.74) is 1.33. The fourth-order valence-electron chi connectivity index (χ4n) is 2.95. The summed E-state index contributed by atoms with van der Waals surface area (Å²) in [4.78, 5) is 18.9. The maximum Gasteiger partial charge on any atom is 0.272 e. The zero-order valence-electron chi connectivity index (χ0n) is 12.2. The minimum Gasteiger partial charge on any atom is -0.393 e. The van der Waals surface area contributed by atoms with Crippen molar-refractivity contribution in [3.8, 4) is 0 Å². The first-order chi connectivity index (χ1) is 10.2. The summed E-state index contributed by atoms with van der Waals surface area (Å²) >= 11 is 0. The van der Waals surface area contributed by atoms with E-state index < -0.39 is 0 Å². The lowest BCUT2D eigenvalue weighted by Gasteiger charge is -2.35. The largest absolute Gasteiger partial charge is 0.393 e. The molecule has 0 spiro atoms. The normalized spacial score (nSPS) is 22.5. The van der Waals surface area contributed by atoms with Crippen LogP contribution in [0.1, 0.15) is 30.3 Å². The van der Waals surface area contributed by atoms with E-state index in [1.54, 1.807) is 6.07 Å². The van der Waals surface area contributed by atoms with Gasteiger partial charge in [0.25, 0.3) is 5.91 Å². The number of likely N-dealkylation sites (tertiary alicyclic amines) is 1. The third-order valence-electron chi connectivity index (χ3n) is 4.32. The average Bonchev–Trinajstić information content (AvgIpc) is 2.54. The Kier molecular flexibility index (Phi) is 3.88. The zero-order chi connectivity index (χ0) is 14.8. The van der Waals surface area contributed by atoms with Crippen LogP contribution in [0.15, 0.2) is 36.4 Å². The lowest BCUT2D eigenvalue weighted by atomic mass is 9.92. The van der Waals surface area contributed by atoms with E-state index in [0.717, 1.165) is 17.3 Å². The molecule has 2 unspecified atom stereocenters. The predicted molar refractivity (Wildman–Crippen MR) is 82.1 cm³/mol. The van der Waals surface area contributed by atoms with E-state index in [4.69, 9.17) is 0 Å². The number of nitrogens with zero attached hydrogens (tertiary/aromatic N) is 2. The fourth-order valence-corrected chi connectivity index (χ4v) is 2.95. The van der Waals surface area contributed by atoms with Crippen LogP contribution in [0.25, 0.3) is 10.9 Å². The third kappa shape index (κ3) is 2.76. The van der Waals surface area contributed by atoms with Gasteiger partial charge in [0, 0.05) is 24.4 Å². The van der Waals surface area contributed by atoms with Crippen molar-refractivity contribution in [1.29, 1.82) is 0 Å². The summed E-state index contributed by atoms with van der Waals surface area (Å²) in [6, 6.07) is 11.5. The number of amides is 1. The molecule has 0 saturated carbocycles. The first-order valence-electron chi connectivity index (χ1n) is 7.52. The molecule has 1 saturated heterocycles. The third-order valence-corrected chi connectivity index (χ3v) is 4.32. The molecule has 4 nitrogen and oxygen atoms in total. The molecular formula is C17H20N2O2.